The molecule has 5 aromatic rings. The van der Waals surface area contributed by atoms with E-state index in [4.69, 9.17) is 21.1 Å². The molecule has 2 aromatic heterocycles. The first-order valence-corrected chi connectivity index (χ1v) is 18.8. The zero-order valence-electron chi connectivity index (χ0n) is 30.8. The van der Waals surface area contributed by atoms with Crippen LogP contribution >= 0.6 is 11.6 Å². The number of aromatic nitrogens is 2. The Labute approximate surface area is 320 Å². The molecule has 0 aliphatic carbocycles. The third-order valence-electron chi connectivity index (χ3n) is 10.2. The van der Waals surface area contributed by atoms with Gasteiger partial charge in [-0.05, 0) is 98.2 Å². The number of carbonyl (C=O) groups is 2. The molecular formula is C42H46ClN5O6. The Hall–Kier alpha value is -5.10. The molecule has 1 unspecified atom stereocenters. The Kier molecular flexibility index (Phi) is 10.8. The van der Waals surface area contributed by atoms with Gasteiger partial charge in [0.2, 0.25) is 0 Å². The van der Waals surface area contributed by atoms with Crippen LogP contribution in [0.5, 0.6) is 11.5 Å². The fraction of sp³-hybridized carbons (Fsp3) is 0.357. The normalized spacial score (nSPS) is 16.4. The number of carbonyl (C=O) groups excluding carboxylic acids is 1. The number of halogens is 1. The number of aliphatic hydroxyl groups is 1. The number of nitrogens with zero attached hydrogens (tertiary/aromatic N) is 4. The number of anilines is 1. The summed E-state index contributed by atoms with van der Waals surface area (Å²) in [6.45, 7) is 10.4. The van der Waals surface area contributed by atoms with E-state index in [1.165, 1.54) is 0 Å². The lowest BCUT2D eigenvalue weighted by Gasteiger charge is -2.37. The second-order valence-electron chi connectivity index (χ2n) is 15.1. The highest BCUT2D eigenvalue weighted by Gasteiger charge is 2.30. The highest BCUT2D eigenvalue weighted by Crippen LogP contribution is 2.39. The monoisotopic (exact) mass is 751 g/mol. The smallest absolute Gasteiger partial charge is 0.410 e. The van der Waals surface area contributed by atoms with E-state index in [-0.39, 0.29) is 23.3 Å². The van der Waals surface area contributed by atoms with Crippen molar-refractivity contribution in [1.82, 2.24) is 19.8 Å². The number of aromatic amines is 1. The van der Waals surface area contributed by atoms with Crippen LogP contribution in [-0.4, -0.2) is 86.9 Å². The van der Waals surface area contributed by atoms with Crippen LogP contribution in [0, 0.1) is 5.92 Å². The van der Waals surface area contributed by atoms with Gasteiger partial charge in [0.05, 0.1) is 12.3 Å². The molecule has 2 fully saturated rings. The van der Waals surface area contributed by atoms with Crippen LogP contribution < -0.4 is 9.64 Å². The van der Waals surface area contributed by atoms with Crippen molar-refractivity contribution in [3.63, 3.8) is 0 Å². The number of fused-ring (bicyclic) bond motifs is 1. The molecule has 4 heterocycles. The van der Waals surface area contributed by atoms with Gasteiger partial charge in [0, 0.05) is 74.2 Å². The molecule has 12 heteroatoms. The maximum Gasteiger partial charge on any atom is 0.410 e. The molecule has 0 radical (unpaired) electrons. The second kappa shape index (κ2) is 15.7. The van der Waals surface area contributed by atoms with Crippen molar-refractivity contribution >= 4 is 40.4 Å². The van der Waals surface area contributed by atoms with Gasteiger partial charge >= 0.3 is 12.1 Å². The number of ether oxygens (including phenoxy) is 2. The fourth-order valence-electron chi connectivity index (χ4n) is 7.32. The summed E-state index contributed by atoms with van der Waals surface area (Å²) in [6.07, 6.45) is 3.86. The first-order chi connectivity index (χ1) is 25.9. The van der Waals surface area contributed by atoms with Crippen molar-refractivity contribution < 1.29 is 29.3 Å². The van der Waals surface area contributed by atoms with Crippen molar-refractivity contribution in [1.29, 1.82) is 0 Å². The van der Waals surface area contributed by atoms with Crippen molar-refractivity contribution in [2.45, 2.75) is 51.9 Å². The van der Waals surface area contributed by atoms with Gasteiger partial charge < -0.3 is 34.5 Å². The van der Waals surface area contributed by atoms with E-state index in [0.29, 0.717) is 43.5 Å². The quantitative estimate of drug-likeness (QED) is 0.136. The third kappa shape index (κ3) is 8.65. The Balaban J connectivity index is 1.05. The summed E-state index contributed by atoms with van der Waals surface area (Å²) in [4.78, 5) is 38.4. The predicted molar refractivity (Wildman–Crippen MR) is 209 cm³/mol. The molecule has 282 valence electrons. The number of hydrogen-bond acceptors (Lipinski definition) is 8. The number of benzene rings is 3. The number of pyridine rings is 1. The van der Waals surface area contributed by atoms with Gasteiger partial charge in [-0.3, -0.25) is 4.90 Å². The summed E-state index contributed by atoms with van der Waals surface area (Å²) >= 11 is 6.24. The molecule has 2 aliphatic rings. The van der Waals surface area contributed by atoms with E-state index >= 15 is 0 Å². The zero-order chi connectivity index (χ0) is 38.0. The summed E-state index contributed by atoms with van der Waals surface area (Å²) in [5.74, 6) is -0.371. The summed E-state index contributed by atoms with van der Waals surface area (Å²) in [5.41, 5.74) is 5.06. The van der Waals surface area contributed by atoms with Crippen molar-refractivity contribution in [3.05, 3.63) is 107 Å². The Morgan fingerprint density at radius 1 is 0.944 bits per heavy atom. The Morgan fingerprint density at radius 3 is 2.39 bits per heavy atom. The molecule has 3 N–H and O–H groups in total. The number of H-pyrrole nitrogens is 1. The van der Waals surface area contributed by atoms with E-state index in [2.05, 4.69) is 38.0 Å². The van der Waals surface area contributed by atoms with E-state index in [9.17, 15) is 19.8 Å². The standard InChI is InChI=1S/C42H46ClN5O6/c1-42(2,3)54-41(52)48-20-18-46(19-21-48)26-27-4-10-34(28-5-7-31(43)8-6-28)36(22-27)38(49)29-13-16-47(17-14-29)32-9-11-35(40(50)51)37(24-32)53-33-23-30-12-15-44-39(30)45-25-33/h4-12,15,22-25,29,38,49H,13-14,16-21,26H2,1-3H3,(H,44,45)(H,50,51). The predicted octanol–water partition coefficient (Wildman–Crippen LogP) is 8.38. The molecule has 2 aliphatic heterocycles. The zero-order valence-corrected chi connectivity index (χ0v) is 31.6. The van der Waals surface area contributed by atoms with Crippen molar-refractivity contribution in [2.75, 3.05) is 44.2 Å². The lowest BCUT2D eigenvalue weighted by Crippen LogP contribution is -2.49. The molecule has 1 atom stereocenters. The highest BCUT2D eigenvalue weighted by atomic mass is 35.5. The number of aromatic carboxylic acids is 1. The van der Waals surface area contributed by atoms with Gasteiger partial charge in [-0.25, -0.2) is 14.6 Å². The topological polar surface area (TPSA) is 131 Å². The molecule has 0 saturated carbocycles. The molecule has 2 saturated heterocycles. The van der Waals surface area contributed by atoms with E-state index in [0.717, 1.165) is 64.9 Å². The SMILES string of the molecule is CC(C)(C)OC(=O)N1CCN(Cc2ccc(-c3ccc(Cl)cc3)c(C(O)C3CCN(c4ccc(C(=O)O)c(Oc5cnc6[nH]ccc6c5)c4)CC3)c2)CC1. The lowest BCUT2D eigenvalue weighted by atomic mass is 9.83. The van der Waals surface area contributed by atoms with E-state index < -0.39 is 17.7 Å². The molecule has 11 nitrogen and oxygen atoms in total. The number of piperazine rings is 1. The number of nitrogens with one attached hydrogen (secondary N) is 1. The van der Waals surface area contributed by atoms with Crippen LogP contribution in [0.2, 0.25) is 5.02 Å². The van der Waals surface area contributed by atoms with Crippen LogP contribution in [0.4, 0.5) is 10.5 Å². The number of hydrogen-bond donors (Lipinski definition) is 3. The molecule has 0 bridgehead atoms. The first-order valence-electron chi connectivity index (χ1n) is 18.4. The summed E-state index contributed by atoms with van der Waals surface area (Å²) < 4.78 is 11.7. The fourth-order valence-corrected chi connectivity index (χ4v) is 7.45. The number of rotatable bonds is 9. The average Bonchev–Trinajstić information content (AvgIpc) is 3.63. The molecule has 1 amide bonds. The Bertz CT molecular complexity index is 2110. The first kappa shape index (κ1) is 37.2. The number of piperidine rings is 1. The van der Waals surface area contributed by atoms with E-state index in [1.54, 1.807) is 29.4 Å². The van der Waals surface area contributed by atoms with E-state index in [1.807, 2.05) is 63.2 Å². The molecule has 54 heavy (non-hydrogen) atoms. The van der Waals surface area contributed by atoms with Gasteiger partial charge in [0.1, 0.15) is 28.3 Å². The molecule has 7 rings (SSSR count). The summed E-state index contributed by atoms with van der Waals surface area (Å²) in [5, 5.41) is 23.5. The Morgan fingerprint density at radius 2 is 1.69 bits per heavy atom. The molecule has 3 aromatic carbocycles. The second-order valence-corrected chi connectivity index (χ2v) is 15.6. The number of carboxylic acids is 1. The van der Waals surface area contributed by atoms with Gasteiger partial charge in [0.25, 0.3) is 0 Å². The maximum absolute atomic E-state index is 12.6. The maximum atomic E-state index is 12.6. The molecule has 0 spiro atoms. The van der Waals surface area contributed by atoms with Crippen molar-refractivity contribution in [3.8, 4) is 22.6 Å². The molecular weight excluding hydrogens is 706 g/mol. The number of amides is 1. The minimum Gasteiger partial charge on any atom is -0.478 e. The van der Waals surface area contributed by atoms with Crippen LogP contribution in [0.15, 0.2) is 85.2 Å². The van der Waals surface area contributed by atoms with Crippen molar-refractivity contribution in [2.24, 2.45) is 5.92 Å². The number of carboxylic acid groups (broad SMARTS) is 1. The highest BCUT2D eigenvalue weighted by molar-refractivity contribution is 6.30. The van der Waals surface area contributed by atoms with Crippen LogP contribution in [0.3, 0.4) is 0 Å². The minimum atomic E-state index is -1.07. The summed E-state index contributed by atoms with van der Waals surface area (Å²) in [6, 6.07) is 22.9. The number of aliphatic hydroxyl groups excluding tert-OH is 1. The van der Waals surface area contributed by atoms with Gasteiger partial charge in [0.15, 0.2) is 0 Å². The third-order valence-corrected chi connectivity index (χ3v) is 10.4. The van der Waals surface area contributed by atoms with Gasteiger partial charge in [-0.15, -0.1) is 0 Å². The van der Waals surface area contributed by atoms with Crippen LogP contribution in [-0.2, 0) is 11.3 Å². The van der Waals surface area contributed by atoms with Gasteiger partial charge in [-0.1, -0.05) is 41.9 Å². The summed E-state index contributed by atoms with van der Waals surface area (Å²) in [7, 11) is 0. The minimum absolute atomic E-state index is 0.00749. The van der Waals surface area contributed by atoms with Crippen LogP contribution in [0.25, 0.3) is 22.2 Å². The van der Waals surface area contributed by atoms with Crippen LogP contribution in [0.1, 0.15) is 61.2 Å². The largest absolute Gasteiger partial charge is 0.478 e. The lowest BCUT2D eigenvalue weighted by molar-refractivity contribution is 0.0138. The average molecular weight is 752 g/mol. The van der Waals surface area contributed by atoms with Gasteiger partial charge in [-0.2, -0.15) is 0 Å².